The molecule has 3 amide bonds. The van der Waals surface area contributed by atoms with Crippen LogP contribution in [0.4, 0.5) is 5.69 Å². The summed E-state index contributed by atoms with van der Waals surface area (Å²) in [5.74, 6) is -0.338. The maximum Gasteiger partial charge on any atom is 0.255 e. The topological polar surface area (TPSA) is 95.1 Å². The number of fused-ring (bicyclic) bond motifs is 4. The standard InChI is InChI=1S/C31H34ClN5O4/c1-35(2)23-9-7-21(8-10-23)30(39)37-19-26-22-5-3-6-24(17-22)41-16-15-36(14-4-12-34-29(38)27(26)20-37)31(40)25-11-13-33-18-28(25)32/h3,5-11,13,17-18,26-27H,4,12,14-16,19-20H2,1-2H3,(H,34,38)/t26-,27+/m1/s1. The van der Waals surface area contributed by atoms with E-state index in [9.17, 15) is 14.4 Å². The lowest BCUT2D eigenvalue weighted by atomic mass is 9.88. The maximum absolute atomic E-state index is 13.5. The molecule has 2 aliphatic heterocycles. The average molecular weight is 576 g/mol. The number of carbonyl (C=O) groups is 3. The number of aromatic nitrogens is 1. The van der Waals surface area contributed by atoms with E-state index in [4.69, 9.17) is 16.3 Å². The average Bonchev–Trinajstić information content (AvgIpc) is 3.43. The summed E-state index contributed by atoms with van der Waals surface area (Å²) in [6.45, 7) is 2.23. The van der Waals surface area contributed by atoms with E-state index in [2.05, 4.69) is 10.3 Å². The van der Waals surface area contributed by atoms with Gasteiger partial charge in [0, 0.05) is 69.8 Å². The van der Waals surface area contributed by atoms with Crippen LogP contribution in [0.15, 0.2) is 67.0 Å². The molecule has 1 aromatic heterocycles. The summed E-state index contributed by atoms with van der Waals surface area (Å²) in [5, 5.41) is 3.35. The van der Waals surface area contributed by atoms with E-state index in [1.54, 1.807) is 15.9 Å². The highest BCUT2D eigenvalue weighted by molar-refractivity contribution is 6.33. The van der Waals surface area contributed by atoms with Crippen molar-refractivity contribution in [2.24, 2.45) is 5.92 Å². The van der Waals surface area contributed by atoms with Crippen LogP contribution in [0.1, 0.15) is 38.6 Å². The molecule has 0 spiro atoms. The van der Waals surface area contributed by atoms with Crippen molar-refractivity contribution in [3.05, 3.63) is 88.7 Å². The smallest absolute Gasteiger partial charge is 0.255 e. The molecule has 0 radical (unpaired) electrons. The highest BCUT2D eigenvalue weighted by Gasteiger charge is 2.40. The minimum absolute atomic E-state index is 0.0927. The van der Waals surface area contributed by atoms with Crippen LogP contribution in [-0.4, -0.2) is 85.9 Å². The summed E-state index contributed by atoms with van der Waals surface area (Å²) in [5.41, 5.74) is 2.92. The van der Waals surface area contributed by atoms with Crippen molar-refractivity contribution < 1.29 is 19.1 Å². The number of anilines is 1. The van der Waals surface area contributed by atoms with Crippen molar-refractivity contribution in [1.29, 1.82) is 0 Å². The summed E-state index contributed by atoms with van der Waals surface area (Å²) in [6.07, 6.45) is 3.55. The minimum atomic E-state index is -0.411. The summed E-state index contributed by atoms with van der Waals surface area (Å²) in [7, 11) is 3.91. The van der Waals surface area contributed by atoms with E-state index in [1.807, 2.05) is 67.5 Å². The molecule has 2 bridgehead atoms. The highest BCUT2D eigenvalue weighted by atomic mass is 35.5. The number of benzene rings is 2. The second kappa shape index (κ2) is 12.6. The lowest BCUT2D eigenvalue weighted by Gasteiger charge is -2.25. The molecule has 10 heteroatoms. The Balaban J connectivity index is 1.35. The number of hydrogen-bond acceptors (Lipinski definition) is 6. The van der Waals surface area contributed by atoms with Gasteiger partial charge in [-0.2, -0.15) is 0 Å². The third-order valence-electron chi connectivity index (χ3n) is 7.68. The number of likely N-dealkylation sites (tertiary alicyclic amines) is 1. The predicted molar refractivity (Wildman–Crippen MR) is 158 cm³/mol. The Bertz CT molecular complexity index is 1410. The number of nitrogens with zero attached hydrogens (tertiary/aromatic N) is 4. The van der Waals surface area contributed by atoms with Crippen molar-refractivity contribution in [3.8, 4) is 5.75 Å². The molecule has 5 rings (SSSR count). The van der Waals surface area contributed by atoms with Gasteiger partial charge < -0.3 is 24.8 Å². The first kappa shape index (κ1) is 28.4. The van der Waals surface area contributed by atoms with Gasteiger partial charge in [-0.15, -0.1) is 0 Å². The van der Waals surface area contributed by atoms with Crippen LogP contribution in [0.3, 0.4) is 0 Å². The van der Waals surface area contributed by atoms with E-state index in [-0.39, 0.29) is 23.6 Å². The molecule has 3 heterocycles. The molecule has 2 aromatic carbocycles. The largest absolute Gasteiger partial charge is 0.492 e. The molecule has 0 saturated carbocycles. The minimum Gasteiger partial charge on any atom is -0.492 e. The van der Waals surface area contributed by atoms with Crippen LogP contribution in [0, 0.1) is 5.92 Å². The molecule has 1 saturated heterocycles. The second-order valence-corrected chi connectivity index (χ2v) is 11.0. The third kappa shape index (κ3) is 6.46. The first-order chi connectivity index (χ1) is 19.8. The normalized spacial score (nSPS) is 19.4. The van der Waals surface area contributed by atoms with Gasteiger partial charge in [-0.05, 0) is 54.4 Å². The Morgan fingerprint density at radius 1 is 1.00 bits per heavy atom. The van der Waals surface area contributed by atoms with Gasteiger partial charge in [0.15, 0.2) is 0 Å². The van der Waals surface area contributed by atoms with Crippen LogP contribution >= 0.6 is 11.6 Å². The van der Waals surface area contributed by atoms with Gasteiger partial charge in [-0.25, -0.2) is 0 Å². The monoisotopic (exact) mass is 575 g/mol. The number of amides is 3. The molecule has 0 unspecified atom stereocenters. The lowest BCUT2D eigenvalue weighted by molar-refractivity contribution is -0.124. The van der Waals surface area contributed by atoms with E-state index in [0.29, 0.717) is 67.7 Å². The molecule has 2 atom stereocenters. The molecular weight excluding hydrogens is 542 g/mol. The van der Waals surface area contributed by atoms with Crippen molar-refractivity contribution >= 4 is 35.0 Å². The molecule has 1 fully saturated rings. The Labute approximate surface area is 245 Å². The van der Waals surface area contributed by atoms with Gasteiger partial charge in [0.05, 0.1) is 23.0 Å². The number of ether oxygens (including phenoxy) is 1. The fourth-order valence-electron chi connectivity index (χ4n) is 5.41. The van der Waals surface area contributed by atoms with Gasteiger partial charge in [0.1, 0.15) is 12.4 Å². The van der Waals surface area contributed by atoms with Gasteiger partial charge in [0.25, 0.3) is 11.8 Å². The first-order valence-corrected chi connectivity index (χ1v) is 14.2. The van der Waals surface area contributed by atoms with Crippen molar-refractivity contribution in [2.45, 2.75) is 12.3 Å². The van der Waals surface area contributed by atoms with Crippen LogP contribution in [0.5, 0.6) is 5.75 Å². The van der Waals surface area contributed by atoms with Crippen molar-refractivity contribution in [3.63, 3.8) is 0 Å². The molecule has 41 heavy (non-hydrogen) atoms. The van der Waals surface area contributed by atoms with Crippen molar-refractivity contribution in [1.82, 2.24) is 20.1 Å². The fourth-order valence-corrected chi connectivity index (χ4v) is 5.61. The molecule has 3 aromatic rings. The molecule has 1 N–H and O–H groups in total. The van der Waals surface area contributed by atoms with Gasteiger partial charge in [0.2, 0.25) is 5.91 Å². The zero-order chi connectivity index (χ0) is 28.9. The summed E-state index contributed by atoms with van der Waals surface area (Å²) >= 11 is 6.24. The Morgan fingerprint density at radius 3 is 2.54 bits per heavy atom. The molecular formula is C31H34ClN5O4. The number of nitrogens with one attached hydrogen (secondary N) is 1. The van der Waals surface area contributed by atoms with Gasteiger partial charge >= 0.3 is 0 Å². The third-order valence-corrected chi connectivity index (χ3v) is 7.99. The van der Waals surface area contributed by atoms with Crippen LogP contribution in [-0.2, 0) is 4.79 Å². The predicted octanol–water partition coefficient (Wildman–Crippen LogP) is 3.70. The maximum atomic E-state index is 13.5. The molecule has 9 nitrogen and oxygen atoms in total. The van der Waals surface area contributed by atoms with E-state index >= 15 is 0 Å². The highest BCUT2D eigenvalue weighted by Crippen LogP contribution is 2.35. The number of halogens is 1. The number of rotatable bonds is 3. The fraction of sp³-hybridized carbons (Fsp3) is 0.355. The van der Waals surface area contributed by atoms with Crippen molar-refractivity contribution in [2.75, 3.05) is 58.3 Å². The van der Waals surface area contributed by atoms with Crippen LogP contribution in [0.2, 0.25) is 5.02 Å². The zero-order valence-electron chi connectivity index (χ0n) is 23.3. The van der Waals surface area contributed by atoms with E-state index < -0.39 is 5.92 Å². The summed E-state index contributed by atoms with van der Waals surface area (Å²) < 4.78 is 6.06. The zero-order valence-corrected chi connectivity index (χ0v) is 24.0. The molecule has 0 aliphatic carbocycles. The second-order valence-electron chi connectivity index (χ2n) is 10.6. The first-order valence-electron chi connectivity index (χ1n) is 13.8. The number of hydrogen-bond donors (Lipinski definition) is 1. The quantitative estimate of drug-likeness (QED) is 0.512. The number of carbonyl (C=O) groups excluding carboxylic acids is 3. The van der Waals surface area contributed by atoms with Gasteiger partial charge in [-0.3, -0.25) is 19.4 Å². The van der Waals surface area contributed by atoms with Crippen LogP contribution < -0.4 is 15.0 Å². The number of pyridine rings is 1. The Hall–Kier alpha value is -4.11. The summed E-state index contributed by atoms with van der Waals surface area (Å²) in [4.78, 5) is 49.6. The van der Waals surface area contributed by atoms with Gasteiger partial charge in [-0.1, -0.05) is 23.7 Å². The molecule has 214 valence electrons. The lowest BCUT2D eigenvalue weighted by Crippen LogP contribution is -2.39. The Morgan fingerprint density at radius 2 is 1.78 bits per heavy atom. The Kier molecular flexibility index (Phi) is 8.73. The van der Waals surface area contributed by atoms with Crippen LogP contribution in [0.25, 0.3) is 0 Å². The van der Waals surface area contributed by atoms with E-state index in [0.717, 1.165) is 11.3 Å². The summed E-state index contributed by atoms with van der Waals surface area (Å²) in [6, 6.07) is 16.8. The molecule has 2 aliphatic rings. The SMILES string of the molecule is CN(C)c1ccc(C(=O)N2C[C@@H]3C(=O)NCCCN(C(=O)c4ccncc4Cl)CCOc4cccc(c4)[C@H]3C2)cc1. The van der Waals surface area contributed by atoms with E-state index in [1.165, 1.54) is 12.4 Å².